The summed E-state index contributed by atoms with van der Waals surface area (Å²) < 4.78 is 23.1. The number of aliphatic hydroxyl groups is 7. The number of esters is 1. The Morgan fingerprint density at radius 1 is 0.923 bits per heavy atom. The highest BCUT2D eigenvalue weighted by molar-refractivity contribution is 5.78. The van der Waals surface area contributed by atoms with Gasteiger partial charge < -0.3 is 60.4 Å². The van der Waals surface area contributed by atoms with Crippen LogP contribution in [0.3, 0.4) is 0 Å². The van der Waals surface area contributed by atoms with E-state index in [4.69, 9.17) is 24.7 Å². The zero-order chi connectivity index (χ0) is 29.6. The van der Waals surface area contributed by atoms with Crippen molar-refractivity contribution < 1.29 is 59.5 Å². The molecular formula is C26H47NO12. The predicted molar refractivity (Wildman–Crippen MR) is 135 cm³/mol. The van der Waals surface area contributed by atoms with Crippen molar-refractivity contribution in [1.29, 1.82) is 0 Å². The smallest absolute Gasteiger partial charge is 0.317 e. The maximum absolute atomic E-state index is 13.2. The van der Waals surface area contributed by atoms with Crippen LogP contribution in [-0.2, 0) is 23.7 Å². The van der Waals surface area contributed by atoms with Crippen molar-refractivity contribution in [1.82, 2.24) is 0 Å². The molecule has 2 saturated heterocycles. The molecule has 0 amide bonds. The van der Waals surface area contributed by atoms with E-state index in [-0.39, 0.29) is 18.4 Å². The van der Waals surface area contributed by atoms with Crippen molar-refractivity contribution in [2.24, 2.45) is 28.9 Å². The number of ether oxygens (including phenoxy) is 4. The first-order valence-corrected chi connectivity index (χ1v) is 13.6. The summed E-state index contributed by atoms with van der Waals surface area (Å²) in [7, 11) is 0. The minimum Gasteiger partial charge on any atom is -0.459 e. The third-order valence-electron chi connectivity index (χ3n) is 8.51. The monoisotopic (exact) mass is 565 g/mol. The Morgan fingerprint density at radius 2 is 1.54 bits per heavy atom. The van der Waals surface area contributed by atoms with Crippen LogP contribution in [0.25, 0.3) is 0 Å². The standard InChI is InChI=1S/C26H47NO12/c1-10-7-11(2)19(16(30)14(10)20-18(32)17(31)15(29)12(8-27)36-20)38-23-22(34)26(6,21(33)13(9-28)37-23)24(35)39-25(3,4)5/h10-23,28-34H,7-9,27H2,1-6H3. The number of nitrogens with two attached hydrogens (primary N) is 1. The molecule has 3 fully saturated rings. The summed E-state index contributed by atoms with van der Waals surface area (Å²) in [5.74, 6) is -2.19. The van der Waals surface area contributed by atoms with Crippen molar-refractivity contribution in [3.63, 3.8) is 0 Å². The molecule has 3 rings (SSSR count). The molecular weight excluding hydrogens is 518 g/mol. The van der Waals surface area contributed by atoms with Gasteiger partial charge in [0.25, 0.3) is 0 Å². The molecule has 0 spiro atoms. The Kier molecular flexibility index (Phi) is 10.1. The van der Waals surface area contributed by atoms with Crippen molar-refractivity contribution >= 4 is 5.97 Å². The van der Waals surface area contributed by atoms with E-state index in [1.165, 1.54) is 6.92 Å². The largest absolute Gasteiger partial charge is 0.459 e. The summed E-state index contributed by atoms with van der Waals surface area (Å²) in [6.07, 6.45) is -14.5. The summed E-state index contributed by atoms with van der Waals surface area (Å²) in [4.78, 5) is 13.2. The maximum atomic E-state index is 13.2. The second-order valence-corrected chi connectivity index (χ2v) is 12.6. The van der Waals surface area contributed by atoms with Gasteiger partial charge in [-0.15, -0.1) is 0 Å². The lowest BCUT2D eigenvalue weighted by atomic mass is 9.67. The van der Waals surface area contributed by atoms with Gasteiger partial charge in [-0.3, -0.25) is 4.79 Å². The van der Waals surface area contributed by atoms with E-state index in [1.807, 2.05) is 13.8 Å². The van der Waals surface area contributed by atoms with Crippen LogP contribution in [0.15, 0.2) is 0 Å². The molecule has 0 aromatic carbocycles. The van der Waals surface area contributed by atoms with Gasteiger partial charge in [0.2, 0.25) is 0 Å². The summed E-state index contributed by atoms with van der Waals surface area (Å²) in [5.41, 5.74) is 2.82. The van der Waals surface area contributed by atoms with Crippen molar-refractivity contribution in [3.05, 3.63) is 0 Å². The van der Waals surface area contributed by atoms with Crippen LogP contribution in [-0.4, -0.2) is 128 Å². The summed E-state index contributed by atoms with van der Waals surface area (Å²) in [6.45, 7) is 9.09. The van der Waals surface area contributed by atoms with E-state index in [2.05, 4.69) is 0 Å². The number of hydrogen-bond acceptors (Lipinski definition) is 13. The van der Waals surface area contributed by atoms with Gasteiger partial charge in [-0.25, -0.2) is 0 Å². The minimum atomic E-state index is -1.93. The maximum Gasteiger partial charge on any atom is 0.317 e. The molecule has 2 aliphatic heterocycles. The van der Waals surface area contributed by atoms with Crippen molar-refractivity contribution in [2.45, 2.75) is 121 Å². The second-order valence-electron chi connectivity index (χ2n) is 12.6. The van der Waals surface area contributed by atoms with Gasteiger partial charge in [-0.05, 0) is 46.0 Å². The number of aliphatic hydroxyl groups excluding tert-OH is 7. The van der Waals surface area contributed by atoms with Crippen molar-refractivity contribution in [3.8, 4) is 0 Å². The molecule has 0 radical (unpaired) electrons. The first-order valence-electron chi connectivity index (χ1n) is 13.6. The highest BCUT2D eigenvalue weighted by atomic mass is 16.7. The molecule has 13 nitrogen and oxygen atoms in total. The van der Waals surface area contributed by atoms with Crippen LogP contribution in [0, 0.1) is 23.2 Å². The lowest BCUT2D eigenvalue weighted by Gasteiger charge is -2.52. The second kappa shape index (κ2) is 12.1. The molecule has 0 aromatic heterocycles. The number of carbonyl (C=O) groups is 1. The normalized spacial score (nSPS) is 49.5. The fourth-order valence-electron chi connectivity index (χ4n) is 6.19. The lowest BCUT2D eigenvalue weighted by Crippen LogP contribution is -2.67. The lowest BCUT2D eigenvalue weighted by molar-refractivity contribution is -0.338. The zero-order valence-electron chi connectivity index (χ0n) is 23.5. The predicted octanol–water partition coefficient (Wildman–Crippen LogP) is -2.38. The summed E-state index contributed by atoms with van der Waals surface area (Å²) in [6, 6.07) is 0. The number of hydrogen-bond donors (Lipinski definition) is 8. The quantitative estimate of drug-likeness (QED) is 0.158. The van der Waals surface area contributed by atoms with Gasteiger partial charge in [-0.2, -0.15) is 0 Å². The van der Waals surface area contributed by atoms with Crippen LogP contribution in [0.2, 0.25) is 0 Å². The Balaban J connectivity index is 1.88. The fraction of sp³-hybridized carbons (Fsp3) is 0.962. The molecule has 15 atom stereocenters. The molecule has 1 aliphatic carbocycles. The average molecular weight is 566 g/mol. The minimum absolute atomic E-state index is 0.120. The molecule has 9 N–H and O–H groups in total. The molecule has 2 heterocycles. The molecule has 0 bridgehead atoms. The zero-order valence-corrected chi connectivity index (χ0v) is 23.5. The molecule has 1 saturated carbocycles. The van der Waals surface area contributed by atoms with Gasteiger partial charge in [0.1, 0.15) is 47.6 Å². The summed E-state index contributed by atoms with van der Waals surface area (Å²) >= 11 is 0. The third-order valence-corrected chi connectivity index (χ3v) is 8.51. The van der Waals surface area contributed by atoms with Crippen LogP contribution >= 0.6 is 0 Å². The Bertz CT molecular complexity index is 838. The fourth-order valence-corrected chi connectivity index (χ4v) is 6.19. The van der Waals surface area contributed by atoms with E-state index in [1.54, 1.807) is 20.8 Å². The molecule has 13 heteroatoms. The van der Waals surface area contributed by atoms with Gasteiger partial charge in [-0.1, -0.05) is 13.8 Å². The molecule has 228 valence electrons. The number of rotatable bonds is 6. The van der Waals surface area contributed by atoms with Crippen molar-refractivity contribution in [2.75, 3.05) is 13.2 Å². The van der Waals surface area contributed by atoms with Gasteiger partial charge >= 0.3 is 5.97 Å². The van der Waals surface area contributed by atoms with Crippen LogP contribution in [0.5, 0.6) is 0 Å². The highest BCUT2D eigenvalue weighted by Gasteiger charge is 2.61. The first kappa shape index (κ1) is 32.5. The van der Waals surface area contributed by atoms with Gasteiger partial charge in [0, 0.05) is 12.5 Å². The SMILES string of the molecule is CC1CC(C)C(C2OC(CN)C(O)C(O)C2O)C(O)C1OC1OC(CO)C(O)C(C)(C(=O)OC(C)(C)C)C1O. The van der Waals surface area contributed by atoms with Crippen LogP contribution in [0.1, 0.15) is 48.0 Å². The third kappa shape index (κ3) is 6.14. The van der Waals surface area contributed by atoms with Crippen LogP contribution in [0.4, 0.5) is 0 Å². The van der Waals surface area contributed by atoms with Gasteiger partial charge in [0.15, 0.2) is 6.29 Å². The Morgan fingerprint density at radius 3 is 2.08 bits per heavy atom. The number of carbonyl (C=O) groups excluding carboxylic acids is 1. The molecule has 0 aromatic rings. The molecule has 15 unspecified atom stereocenters. The average Bonchev–Trinajstić information content (AvgIpc) is 2.85. The molecule has 39 heavy (non-hydrogen) atoms. The Labute approximate surface area is 228 Å². The van der Waals surface area contributed by atoms with E-state index >= 15 is 0 Å². The summed E-state index contributed by atoms with van der Waals surface area (Å²) in [5, 5.41) is 74.9. The Hall–Kier alpha value is -0.970. The van der Waals surface area contributed by atoms with E-state index in [0.717, 1.165) is 0 Å². The van der Waals surface area contributed by atoms with Crippen LogP contribution < -0.4 is 5.73 Å². The highest BCUT2D eigenvalue weighted by Crippen LogP contribution is 2.45. The topological polar surface area (TPSA) is 222 Å². The van der Waals surface area contributed by atoms with E-state index in [9.17, 15) is 40.5 Å². The first-order chi connectivity index (χ1) is 18.0. The molecule has 3 aliphatic rings. The van der Waals surface area contributed by atoms with Gasteiger partial charge in [0.05, 0.1) is 31.0 Å². The van der Waals surface area contributed by atoms with E-state index in [0.29, 0.717) is 6.42 Å². The van der Waals surface area contributed by atoms with E-state index < -0.39 is 96.8 Å².